The molecule has 0 aromatic rings. The zero-order valence-corrected chi connectivity index (χ0v) is 22.4. The normalized spacial score (nSPS) is 50.6. The zero-order valence-electron chi connectivity index (χ0n) is 22.4. The van der Waals surface area contributed by atoms with Crippen LogP contribution in [0.3, 0.4) is 0 Å². The van der Waals surface area contributed by atoms with E-state index in [9.17, 15) is 24.6 Å². The highest BCUT2D eigenvalue weighted by molar-refractivity contribution is 5.86. The van der Waals surface area contributed by atoms with Gasteiger partial charge in [0.15, 0.2) is 0 Å². The molecule has 5 nitrogen and oxygen atoms in total. The molecular weight excluding hydrogens is 440 g/mol. The minimum atomic E-state index is -1.02. The van der Waals surface area contributed by atoms with Gasteiger partial charge < -0.3 is 10.2 Å². The van der Waals surface area contributed by atoms with E-state index in [0.717, 1.165) is 37.7 Å². The lowest BCUT2D eigenvalue weighted by atomic mass is 9.33. The standard InChI is InChI=1S/C30H44O5/c1-17-9-14-29(24(32)33)15-16-30(25(34)35)19(23(29)18(17)2)7-8-21-27(5)12-11-22(31)26(3,4)20(27)10-13-28(21,30)6/h7,17-18,20-21,23H,8-16H2,1-6H3,(H,32,33)(H,34,35)/t17-,18+,20+,21-,23+,27+,28-,29+,30-/m1/s1. The highest BCUT2D eigenvalue weighted by atomic mass is 16.4. The summed E-state index contributed by atoms with van der Waals surface area (Å²) in [6.45, 7) is 13.1. The van der Waals surface area contributed by atoms with Gasteiger partial charge in [0.2, 0.25) is 0 Å². The summed E-state index contributed by atoms with van der Waals surface area (Å²) in [6.07, 6.45) is 8.44. The van der Waals surface area contributed by atoms with Crippen LogP contribution in [0.4, 0.5) is 0 Å². The summed E-state index contributed by atoms with van der Waals surface area (Å²) in [7, 11) is 0. The minimum absolute atomic E-state index is 0.0955. The smallest absolute Gasteiger partial charge is 0.314 e. The van der Waals surface area contributed by atoms with Gasteiger partial charge in [-0.2, -0.15) is 0 Å². The Morgan fingerprint density at radius 2 is 1.57 bits per heavy atom. The second-order valence-corrected chi connectivity index (χ2v) is 14.1. The summed E-state index contributed by atoms with van der Waals surface area (Å²) in [5.74, 6) is -0.422. The fourth-order valence-electron chi connectivity index (χ4n) is 10.8. The molecule has 0 bridgehead atoms. The second kappa shape index (κ2) is 7.44. The quantitative estimate of drug-likeness (QED) is 0.445. The molecule has 0 spiro atoms. The van der Waals surface area contributed by atoms with Crippen molar-refractivity contribution in [2.24, 2.45) is 56.7 Å². The first-order valence-electron chi connectivity index (χ1n) is 13.9. The monoisotopic (exact) mass is 484 g/mol. The number of aliphatic carboxylic acids is 2. The van der Waals surface area contributed by atoms with E-state index in [4.69, 9.17) is 0 Å². The molecule has 0 aromatic carbocycles. The Hall–Kier alpha value is -1.65. The summed E-state index contributed by atoms with van der Waals surface area (Å²) in [5.41, 5.74) is -1.86. The molecular formula is C30H44O5. The van der Waals surface area contributed by atoms with E-state index in [-0.39, 0.29) is 34.5 Å². The SMILES string of the molecule is C[C@H]1[C@H](C)CC[C@]2(C(=O)O)CC[C@]3(C(=O)O)C(=CC[C@@H]4[C@@]5(C)CCC(=O)C(C)(C)[C@@H]5CC[C@]43C)[C@H]12. The highest BCUT2D eigenvalue weighted by Gasteiger charge is 2.73. The first kappa shape index (κ1) is 25.0. The molecule has 194 valence electrons. The van der Waals surface area contributed by atoms with Crippen molar-refractivity contribution in [1.82, 2.24) is 0 Å². The molecule has 5 aliphatic carbocycles. The van der Waals surface area contributed by atoms with Crippen LogP contribution in [0.5, 0.6) is 0 Å². The van der Waals surface area contributed by atoms with Crippen LogP contribution in [0.2, 0.25) is 0 Å². The van der Waals surface area contributed by atoms with Crippen molar-refractivity contribution < 1.29 is 24.6 Å². The summed E-state index contributed by atoms with van der Waals surface area (Å²) in [4.78, 5) is 39.2. The largest absolute Gasteiger partial charge is 0.481 e. The number of ketones is 1. The third kappa shape index (κ3) is 2.79. The minimum Gasteiger partial charge on any atom is -0.481 e. The Balaban J connectivity index is 1.69. The number of carbonyl (C=O) groups is 3. The lowest BCUT2D eigenvalue weighted by Gasteiger charge is -2.69. The highest BCUT2D eigenvalue weighted by Crippen LogP contribution is 2.75. The topological polar surface area (TPSA) is 91.7 Å². The van der Waals surface area contributed by atoms with Gasteiger partial charge in [-0.25, -0.2) is 0 Å². The molecule has 2 N–H and O–H groups in total. The summed E-state index contributed by atoms with van der Waals surface area (Å²) >= 11 is 0. The fourth-order valence-corrected chi connectivity index (χ4v) is 10.8. The third-order valence-corrected chi connectivity index (χ3v) is 13.0. The van der Waals surface area contributed by atoms with Gasteiger partial charge in [-0.3, -0.25) is 14.4 Å². The van der Waals surface area contributed by atoms with E-state index in [1.165, 1.54) is 0 Å². The molecule has 5 rings (SSSR count). The van der Waals surface area contributed by atoms with E-state index in [1.807, 2.05) is 0 Å². The van der Waals surface area contributed by atoms with E-state index < -0.39 is 28.2 Å². The molecule has 4 fully saturated rings. The van der Waals surface area contributed by atoms with Crippen LogP contribution in [-0.2, 0) is 14.4 Å². The maximum absolute atomic E-state index is 13.5. The van der Waals surface area contributed by atoms with Crippen molar-refractivity contribution in [3.05, 3.63) is 11.6 Å². The predicted molar refractivity (Wildman–Crippen MR) is 134 cm³/mol. The molecule has 0 aliphatic heterocycles. The van der Waals surface area contributed by atoms with Crippen molar-refractivity contribution in [3.63, 3.8) is 0 Å². The molecule has 0 unspecified atom stereocenters. The van der Waals surface area contributed by atoms with E-state index >= 15 is 0 Å². The number of hydrogen-bond acceptors (Lipinski definition) is 3. The van der Waals surface area contributed by atoms with Crippen LogP contribution < -0.4 is 0 Å². The number of carbonyl (C=O) groups excluding carboxylic acids is 1. The second-order valence-electron chi connectivity index (χ2n) is 14.1. The van der Waals surface area contributed by atoms with Crippen LogP contribution in [0, 0.1) is 56.7 Å². The van der Waals surface area contributed by atoms with E-state index in [1.54, 1.807) is 0 Å². The molecule has 9 atom stereocenters. The summed E-state index contributed by atoms with van der Waals surface area (Å²) < 4.78 is 0. The van der Waals surface area contributed by atoms with Crippen LogP contribution in [0.15, 0.2) is 11.6 Å². The molecule has 5 heteroatoms. The van der Waals surface area contributed by atoms with Crippen molar-refractivity contribution in [2.45, 2.75) is 99.3 Å². The number of Topliss-reactive ketones (excluding diaryl/α,β-unsaturated/α-hetero) is 1. The van der Waals surface area contributed by atoms with Crippen molar-refractivity contribution in [3.8, 4) is 0 Å². The molecule has 0 aromatic heterocycles. The number of carboxylic acids is 2. The fraction of sp³-hybridized carbons (Fsp3) is 0.833. The molecule has 35 heavy (non-hydrogen) atoms. The molecule has 0 amide bonds. The lowest BCUT2D eigenvalue weighted by molar-refractivity contribution is -0.205. The Bertz CT molecular complexity index is 1010. The maximum Gasteiger partial charge on any atom is 0.314 e. The average molecular weight is 485 g/mol. The Labute approximate surface area is 210 Å². The van der Waals surface area contributed by atoms with Gasteiger partial charge >= 0.3 is 11.9 Å². The Morgan fingerprint density at radius 3 is 2.20 bits per heavy atom. The first-order chi connectivity index (χ1) is 16.2. The average Bonchev–Trinajstić information content (AvgIpc) is 2.78. The number of hydrogen-bond donors (Lipinski definition) is 2. The van der Waals surface area contributed by atoms with Gasteiger partial charge in [-0.15, -0.1) is 0 Å². The van der Waals surface area contributed by atoms with Crippen LogP contribution >= 0.6 is 0 Å². The van der Waals surface area contributed by atoms with E-state index in [2.05, 4.69) is 47.6 Å². The van der Waals surface area contributed by atoms with Gasteiger partial charge in [0.25, 0.3) is 0 Å². The number of carboxylic acid groups (broad SMARTS) is 2. The summed E-state index contributed by atoms with van der Waals surface area (Å²) in [6, 6.07) is 0. The molecule has 0 saturated heterocycles. The zero-order chi connectivity index (χ0) is 25.8. The van der Waals surface area contributed by atoms with Gasteiger partial charge in [0, 0.05) is 11.8 Å². The van der Waals surface area contributed by atoms with Gasteiger partial charge in [0.1, 0.15) is 5.78 Å². The summed E-state index contributed by atoms with van der Waals surface area (Å²) in [5, 5.41) is 21.6. The van der Waals surface area contributed by atoms with Crippen molar-refractivity contribution >= 4 is 17.7 Å². The van der Waals surface area contributed by atoms with Gasteiger partial charge in [-0.1, -0.05) is 53.2 Å². The van der Waals surface area contributed by atoms with E-state index in [0.29, 0.717) is 37.4 Å². The van der Waals surface area contributed by atoms with Crippen LogP contribution in [0.1, 0.15) is 99.3 Å². The van der Waals surface area contributed by atoms with Crippen molar-refractivity contribution in [2.75, 3.05) is 0 Å². The van der Waals surface area contributed by atoms with Gasteiger partial charge in [-0.05, 0) is 91.8 Å². The van der Waals surface area contributed by atoms with Crippen LogP contribution in [-0.4, -0.2) is 27.9 Å². The molecule has 4 saturated carbocycles. The first-order valence-corrected chi connectivity index (χ1v) is 13.9. The van der Waals surface area contributed by atoms with Gasteiger partial charge in [0.05, 0.1) is 10.8 Å². The molecule has 0 heterocycles. The molecule has 5 aliphatic rings. The maximum atomic E-state index is 13.5. The van der Waals surface area contributed by atoms with Crippen LogP contribution in [0.25, 0.3) is 0 Å². The lowest BCUT2D eigenvalue weighted by Crippen LogP contribution is -2.67. The number of rotatable bonds is 2. The Kier molecular flexibility index (Phi) is 5.32. The number of allylic oxidation sites excluding steroid dienone is 1. The van der Waals surface area contributed by atoms with Crippen molar-refractivity contribution in [1.29, 1.82) is 0 Å². The third-order valence-electron chi connectivity index (χ3n) is 13.0. The predicted octanol–water partition coefficient (Wildman–Crippen LogP) is 6.36. The Morgan fingerprint density at radius 1 is 0.886 bits per heavy atom. The number of fused-ring (bicyclic) bond motifs is 7. The molecule has 0 radical (unpaired) electrons.